The van der Waals surface area contributed by atoms with Crippen molar-refractivity contribution in [2.24, 2.45) is 5.11 Å². The molecule has 7 heteroatoms. The maximum absolute atomic E-state index is 11.4. The van der Waals surface area contributed by atoms with Crippen LogP contribution in [0.1, 0.15) is 13.8 Å². The van der Waals surface area contributed by atoms with Gasteiger partial charge in [0.15, 0.2) is 0 Å². The lowest BCUT2D eigenvalue weighted by atomic mass is 10.3. The summed E-state index contributed by atoms with van der Waals surface area (Å²) in [6, 6.07) is -0.563. The number of hydrogen-bond acceptors (Lipinski definition) is 5. The first-order valence-electron chi connectivity index (χ1n) is 5.73. The Hall–Kier alpha value is -1.30. The monoisotopic (exact) mass is 243 g/mol. The summed E-state index contributed by atoms with van der Waals surface area (Å²) in [6.45, 7) is 7.68. The summed E-state index contributed by atoms with van der Waals surface area (Å²) in [5.41, 5.74) is 8.23. The Labute approximate surface area is 102 Å². The average Bonchev–Trinajstić information content (AvgIpc) is 2.37. The zero-order valence-electron chi connectivity index (χ0n) is 10.7. The number of carbonyl (C=O) groups is 1. The minimum absolute atomic E-state index is 0.0709. The summed E-state index contributed by atoms with van der Waals surface area (Å²) in [7, 11) is 1.32. The molecule has 0 aliphatic rings. The third kappa shape index (κ3) is 6.78. The fourth-order valence-corrected chi connectivity index (χ4v) is 1.42. The van der Waals surface area contributed by atoms with Gasteiger partial charge in [0, 0.05) is 18.0 Å². The molecule has 7 nitrogen and oxygen atoms in total. The molecule has 0 aliphatic carbocycles. The van der Waals surface area contributed by atoms with Crippen LogP contribution in [0.25, 0.3) is 10.4 Å². The van der Waals surface area contributed by atoms with Crippen molar-refractivity contribution in [3.63, 3.8) is 0 Å². The van der Waals surface area contributed by atoms with Gasteiger partial charge in [-0.15, -0.1) is 0 Å². The fourth-order valence-electron chi connectivity index (χ4n) is 1.42. The lowest BCUT2D eigenvalue weighted by molar-refractivity contribution is -0.142. The molecule has 0 aromatic carbocycles. The number of nitrogens with zero attached hydrogens (tertiary/aromatic N) is 4. The van der Waals surface area contributed by atoms with Crippen LogP contribution in [0.15, 0.2) is 5.11 Å². The van der Waals surface area contributed by atoms with Gasteiger partial charge in [-0.3, -0.25) is 4.79 Å². The molecule has 0 spiro atoms. The van der Waals surface area contributed by atoms with E-state index >= 15 is 0 Å². The van der Waals surface area contributed by atoms with Gasteiger partial charge in [0.1, 0.15) is 6.04 Å². The van der Waals surface area contributed by atoms with Crippen LogP contribution in [0.4, 0.5) is 0 Å². The lowest BCUT2D eigenvalue weighted by Gasteiger charge is -2.20. The van der Waals surface area contributed by atoms with Gasteiger partial charge >= 0.3 is 5.97 Å². The summed E-state index contributed by atoms with van der Waals surface area (Å²) in [5.74, 6) is -0.406. The summed E-state index contributed by atoms with van der Waals surface area (Å²) in [6.07, 6.45) is 0. The van der Waals surface area contributed by atoms with Crippen molar-refractivity contribution >= 4 is 5.97 Å². The summed E-state index contributed by atoms with van der Waals surface area (Å²) in [5, 5.41) is 6.41. The van der Waals surface area contributed by atoms with Crippen molar-refractivity contribution in [3.8, 4) is 0 Å². The first-order valence-corrected chi connectivity index (χ1v) is 5.73. The molecule has 1 N–H and O–H groups in total. The highest BCUT2D eigenvalue weighted by Gasteiger charge is 2.17. The van der Waals surface area contributed by atoms with Crippen molar-refractivity contribution in [1.82, 2.24) is 10.2 Å². The second-order valence-electron chi connectivity index (χ2n) is 3.47. The highest BCUT2D eigenvalue weighted by atomic mass is 16.5. The van der Waals surface area contributed by atoms with Gasteiger partial charge in [-0.25, -0.2) is 0 Å². The van der Waals surface area contributed by atoms with Crippen LogP contribution >= 0.6 is 0 Å². The third-order valence-electron chi connectivity index (χ3n) is 2.53. The van der Waals surface area contributed by atoms with Gasteiger partial charge in [-0.2, -0.15) is 0 Å². The van der Waals surface area contributed by atoms with Crippen LogP contribution in [-0.2, 0) is 9.53 Å². The first kappa shape index (κ1) is 15.7. The van der Waals surface area contributed by atoms with Crippen LogP contribution in [0.5, 0.6) is 0 Å². The Morgan fingerprint density at radius 2 is 2.18 bits per heavy atom. The smallest absolute Gasteiger partial charge is 0.322 e. The number of esters is 1. The normalized spacial score (nSPS) is 12.0. The number of hydrogen-bond donors (Lipinski definition) is 1. The quantitative estimate of drug-likeness (QED) is 0.280. The molecular formula is C10H21N5O2. The average molecular weight is 243 g/mol. The van der Waals surface area contributed by atoms with Crippen molar-refractivity contribution in [2.75, 3.05) is 39.8 Å². The largest absolute Gasteiger partial charge is 0.468 e. The second kappa shape index (κ2) is 9.89. The third-order valence-corrected chi connectivity index (χ3v) is 2.53. The van der Waals surface area contributed by atoms with Gasteiger partial charge < -0.3 is 15.0 Å². The molecule has 1 unspecified atom stereocenters. The van der Waals surface area contributed by atoms with Crippen LogP contribution in [-0.4, -0.2) is 56.7 Å². The van der Waals surface area contributed by atoms with Gasteiger partial charge in [0.2, 0.25) is 0 Å². The standard InChI is InChI=1S/C10H21N5O2/c1-4-15(5-2)7-6-12-9(8-13-14-11)10(16)17-3/h9,12H,4-8H2,1-3H3. The summed E-state index contributed by atoms with van der Waals surface area (Å²) >= 11 is 0. The molecular weight excluding hydrogens is 222 g/mol. The Morgan fingerprint density at radius 1 is 1.53 bits per heavy atom. The van der Waals surface area contributed by atoms with E-state index in [2.05, 4.69) is 38.8 Å². The SMILES string of the molecule is CCN(CC)CCNC(CN=[N+]=[N-])C(=O)OC. The van der Waals surface area contributed by atoms with Gasteiger partial charge in [-0.05, 0) is 18.6 Å². The van der Waals surface area contributed by atoms with Crippen LogP contribution in [0.2, 0.25) is 0 Å². The van der Waals surface area contributed by atoms with E-state index in [4.69, 9.17) is 5.53 Å². The Kier molecular flexibility index (Phi) is 9.14. The summed E-state index contributed by atoms with van der Waals surface area (Å²) < 4.78 is 4.62. The van der Waals surface area contributed by atoms with Crippen LogP contribution in [0.3, 0.4) is 0 Å². The Balaban J connectivity index is 4.06. The topological polar surface area (TPSA) is 90.3 Å². The molecule has 98 valence electrons. The lowest BCUT2D eigenvalue weighted by Crippen LogP contribution is -2.43. The molecule has 0 bridgehead atoms. The molecule has 1 atom stereocenters. The van der Waals surface area contributed by atoms with E-state index in [0.29, 0.717) is 6.54 Å². The molecule has 0 aromatic heterocycles. The van der Waals surface area contributed by atoms with E-state index in [9.17, 15) is 4.79 Å². The number of likely N-dealkylation sites (N-methyl/N-ethyl adjacent to an activating group) is 1. The molecule has 0 amide bonds. The molecule has 0 fully saturated rings. The molecule has 0 saturated carbocycles. The number of methoxy groups -OCH3 is 1. The molecule has 0 aromatic rings. The molecule has 0 aliphatic heterocycles. The highest BCUT2D eigenvalue weighted by Crippen LogP contribution is 1.91. The predicted octanol–water partition coefficient (Wildman–Crippen LogP) is 0.770. The van der Waals surface area contributed by atoms with Gasteiger partial charge in [-0.1, -0.05) is 19.0 Å². The number of ether oxygens (including phenoxy) is 1. The number of carbonyl (C=O) groups excluding carboxylic acids is 1. The van der Waals surface area contributed by atoms with E-state index in [-0.39, 0.29) is 6.54 Å². The van der Waals surface area contributed by atoms with Crippen LogP contribution < -0.4 is 5.32 Å². The minimum Gasteiger partial charge on any atom is -0.468 e. The minimum atomic E-state index is -0.563. The van der Waals surface area contributed by atoms with Crippen molar-refractivity contribution in [2.45, 2.75) is 19.9 Å². The summed E-state index contributed by atoms with van der Waals surface area (Å²) in [4.78, 5) is 16.2. The Bertz CT molecular complexity index is 261. The molecule has 0 saturated heterocycles. The van der Waals surface area contributed by atoms with E-state index in [1.807, 2.05) is 0 Å². The predicted molar refractivity (Wildman–Crippen MR) is 65.6 cm³/mol. The molecule has 0 heterocycles. The maximum atomic E-state index is 11.4. The number of rotatable bonds is 9. The number of nitrogens with one attached hydrogen (secondary N) is 1. The van der Waals surface area contributed by atoms with Gasteiger partial charge in [0.05, 0.1) is 13.7 Å². The van der Waals surface area contributed by atoms with Crippen molar-refractivity contribution in [3.05, 3.63) is 10.4 Å². The van der Waals surface area contributed by atoms with E-state index in [0.717, 1.165) is 19.6 Å². The van der Waals surface area contributed by atoms with Crippen molar-refractivity contribution in [1.29, 1.82) is 0 Å². The molecule has 0 rings (SSSR count). The molecule has 0 radical (unpaired) electrons. The van der Waals surface area contributed by atoms with Gasteiger partial charge in [0.25, 0.3) is 0 Å². The zero-order chi connectivity index (χ0) is 13.1. The fraction of sp³-hybridized carbons (Fsp3) is 0.900. The van der Waals surface area contributed by atoms with E-state index < -0.39 is 12.0 Å². The van der Waals surface area contributed by atoms with Crippen LogP contribution in [0, 0.1) is 0 Å². The van der Waals surface area contributed by atoms with Crippen molar-refractivity contribution < 1.29 is 9.53 Å². The number of azide groups is 1. The zero-order valence-corrected chi connectivity index (χ0v) is 10.7. The molecule has 17 heavy (non-hydrogen) atoms. The second-order valence-corrected chi connectivity index (χ2v) is 3.47. The first-order chi connectivity index (χ1) is 8.19. The maximum Gasteiger partial charge on any atom is 0.322 e. The Morgan fingerprint density at radius 3 is 2.65 bits per heavy atom. The van der Waals surface area contributed by atoms with E-state index in [1.165, 1.54) is 7.11 Å². The highest BCUT2D eigenvalue weighted by molar-refractivity contribution is 5.75. The van der Waals surface area contributed by atoms with E-state index in [1.54, 1.807) is 0 Å².